The Morgan fingerprint density at radius 3 is 0.790 bits per heavy atom. The number of rotatable bonds is 8. The second kappa shape index (κ2) is 19.4. The fourth-order valence-corrected chi connectivity index (χ4v) is 12.9. The molecule has 0 fully saturated rings. The van der Waals surface area contributed by atoms with Crippen LogP contribution in [-0.2, 0) is 0 Å². The van der Waals surface area contributed by atoms with Gasteiger partial charge in [-0.05, 0) is 171 Å². The largest absolute Gasteiger partial charge is 0.341 e. The molecule has 0 saturated carbocycles. The maximum atomic E-state index is 2.48. The molecule has 0 radical (unpaired) electrons. The summed E-state index contributed by atoms with van der Waals surface area (Å²) in [4.78, 5) is 14.2. The van der Waals surface area contributed by atoms with Gasteiger partial charge in [0.15, 0.2) is 0 Å². The van der Waals surface area contributed by atoms with Gasteiger partial charge >= 0.3 is 0 Å². The van der Waals surface area contributed by atoms with Gasteiger partial charge in [0.1, 0.15) is 0 Å². The van der Waals surface area contributed by atoms with Gasteiger partial charge in [0.05, 0.1) is 68.2 Å². The molecular formula is C75H56N6. The highest BCUT2D eigenvalue weighted by atomic mass is 15.3. The lowest BCUT2D eigenvalue weighted by Gasteiger charge is -2.39. The Morgan fingerprint density at radius 2 is 0.432 bits per heavy atom. The molecule has 0 N–H and O–H groups in total. The Labute approximate surface area is 474 Å². The summed E-state index contributed by atoms with van der Waals surface area (Å²) in [5, 5.41) is 0. The van der Waals surface area contributed by atoms with Crippen molar-refractivity contribution >= 4 is 85.3 Å². The number of nitrogens with zero attached hydrogens (tertiary/aromatic N) is 6. The summed E-state index contributed by atoms with van der Waals surface area (Å²) < 4.78 is 0. The van der Waals surface area contributed by atoms with Gasteiger partial charge in [0.25, 0.3) is 0 Å². The zero-order chi connectivity index (χ0) is 54.1. The molecule has 0 unspecified atom stereocenters. The first kappa shape index (κ1) is 47.6. The highest BCUT2D eigenvalue weighted by molar-refractivity contribution is 6.10. The van der Waals surface area contributed by atoms with Crippen molar-refractivity contribution in [2.75, 3.05) is 50.5 Å². The molecule has 3 aliphatic heterocycles. The minimum absolute atomic E-state index is 1.07. The van der Waals surface area contributed by atoms with E-state index in [0.717, 1.165) is 141 Å². The summed E-state index contributed by atoms with van der Waals surface area (Å²) in [5.74, 6) is 0. The quantitative estimate of drug-likeness (QED) is 0.150. The van der Waals surface area contributed by atoms with Gasteiger partial charge in [0, 0.05) is 38.2 Å². The van der Waals surface area contributed by atoms with Gasteiger partial charge in [-0.2, -0.15) is 0 Å². The van der Waals surface area contributed by atoms with Gasteiger partial charge in [0.2, 0.25) is 0 Å². The molecule has 15 rings (SSSR count). The lowest BCUT2D eigenvalue weighted by molar-refractivity contribution is 1.13. The Morgan fingerprint density at radius 1 is 0.185 bits per heavy atom. The van der Waals surface area contributed by atoms with Crippen LogP contribution >= 0.6 is 0 Å². The zero-order valence-corrected chi connectivity index (χ0v) is 45.3. The van der Waals surface area contributed by atoms with Crippen LogP contribution in [0.3, 0.4) is 0 Å². The van der Waals surface area contributed by atoms with Crippen molar-refractivity contribution in [3.63, 3.8) is 0 Å². The second-order valence-corrected chi connectivity index (χ2v) is 21.1. The van der Waals surface area contributed by atoms with E-state index in [-0.39, 0.29) is 0 Å². The third-order valence-corrected chi connectivity index (χ3v) is 16.6. The molecule has 6 heteroatoms. The Kier molecular flexibility index (Phi) is 11.4. The number of benzene rings is 12. The zero-order valence-electron chi connectivity index (χ0n) is 45.3. The normalized spacial score (nSPS) is 13.0. The van der Waals surface area contributed by atoms with E-state index in [9.17, 15) is 0 Å². The monoisotopic (exact) mass is 1040 g/mol. The summed E-state index contributed by atoms with van der Waals surface area (Å²) in [6.45, 7) is 0. The molecule has 0 spiro atoms. The highest BCUT2D eigenvalue weighted by Crippen LogP contribution is 2.57. The van der Waals surface area contributed by atoms with Crippen molar-refractivity contribution in [1.29, 1.82) is 0 Å². The number of hydrogen-bond acceptors (Lipinski definition) is 6. The summed E-state index contributed by atoms with van der Waals surface area (Å²) in [7, 11) is 6.51. The van der Waals surface area contributed by atoms with Gasteiger partial charge in [-0.3, -0.25) is 0 Å². The molecule has 3 aliphatic rings. The predicted molar refractivity (Wildman–Crippen MR) is 342 cm³/mol. The average Bonchev–Trinajstić information content (AvgIpc) is 3.70. The van der Waals surface area contributed by atoms with Crippen LogP contribution in [0.4, 0.5) is 85.3 Å². The highest BCUT2D eigenvalue weighted by Gasteiger charge is 2.33. The van der Waals surface area contributed by atoms with E-state index in [4.69, 9.17) is 0 Å². The third kappa shape index (κ3) is 7.78. The fourth-order valence-electron chi connectivity index (χ4n) is 12.9. The van der Waals surface area contributed by atoms with Crippen molar-refractivity contribution in [2.45, 2.75) is 0 Å². The minimum atomic E-state index is 1.07. The number of para-hydroxylation sites is 12. The summed E-state index contributed by atoms with van der Waals surface area (Å²) in [6.07, 6.45) is 0. The maximum absolute atomic E-state index is 2.48. The molecule has 6 nitrogen and oxygen atoms in total. The van der Waals surface area contributed by atoms with Crippen LogP contribution in [0.2, 0.25) is 0 Å². The van der Waals surface area contributed by atoms with Crippen LogP contribution in [0.5, 0.6) is 0 Å². The summed E-state index contributed by atoms with van der Waals surface area (Å²) >= 11 is 0. The second-order valence-electron chi connectivity index (χ2n) is 21.1. The fraction of sp³-hybridized carbons (Fsp3) is 0.0400. The van der Waals surface area contributed by atoms with Crippen LogP contribution < -0.4 is 29.4 Å². The molecular weight excluding hydrogens is 985 g/mol. The van der Waals surface area contributed by atoms with Gasteiger partial charge < -0.3 is 29.4 Å². The van der Waals surface area contributed by atoms with Crippen molar-refractivity contribution in [3.8, 4) is 55.6 Å². The van der Waals surface area contributed by atoms with E-state index in [0.29, 0.717) is 0 Å². The van der Waals surface area contributed by atoms with E-state index in [1.54, 1.807) is 0 Å². The van der Waals surface area contributed by atoms with Gasteiger partial charge in [-0.1, -0.05) is 170 Å². The van der Waals surface area contributed by atoms with E-state index >= 15 is 0 Å². The molecule has 0 bridgehead atoms. The average molecular weight is 1040 g/mol. The molecule has 3 heterocycles. The minimum Gasteiger partial charge on any atom is -0.341 e. The van der Waals surface area contributed by atoms with E-state index in [1.165, 1.54) is 0 Å². The molecule has 81 heavy (non-hydrogen) atoms. The van der Waals surface area contributed by atoms with Crippen LogP contribution in [0.1, 0.15) is 0 Å². The molecule has 0 atom stereocenters. The van der Waals surface area contributed by atoms with Crippen molar-refractivity contribution < 1.29 is 0 Å². The maximum Gasteiger partial charge on any atom is 0.0699 e. The number of hydrogen-bond donors (Lipinski definition) is 0. The summed E-state index contributed by atoms with van der Waals surface area (Å²) in [5.41, 5.74) is 28.2. The first-order valence-electron chi connectivity index (χ1n) is 27.8. The Bertz CT molecular complexity index is 4260. The van der Waals surface area contributed by atoms with Crippen molar-refractivity contribution in [2.24, 2.45) is 0 Å². The Hall–Kier alpha value is -10.6. The molecule has 12 aromatic rings. The van der Waals surface area contributed by atoms with Crippen molar-refractivity contribution in [1.82, 2.24) is 0 Å². The van der Waals surface area contributed by atoms with Crippen LogP contribution in [0.25, 0.3) is 55.6 Å². The molecule has 0 amide bonds. The van der Waals surface area contributed by atoms with E-state index in [2.05, 4.69) is 336 Å². The lowest BCUT2D eigenvalue weighted by Crippen LogP contribution is -2.24. The van der Waals surface area contributed by atoms with E-state index in [1.807, 2.05) is 0 Å². The third-order valence-electron chi connectivity index (χ3n) is 16.6. The SMILES string of the molecule is CN1c2ccccc2N(c2cccc(-c3cc(-c4ccccc4)c(-c4ccccc4)c(-c4cccc(N5c6ccccc6N(C)c6ccccc65)c4)c3-c3cccc(N4c5ccccc5N(C)c5ccccc54)c3)c2)c2ccccc21. The first-order valence-corrected chi connectivity index (χ1v) is 27.8. The van der Waals surface area contributed by atoms with Gasteiger partial charge in [-0.15, -0.1) is 0 Å². The lowest BCUT2D eigenvalue weighted by atomic mass is 9.78. The van der Waals surface area contributed by atoms with Gasteiger partial charge in [-0.25, -0.2) is 0 Å². The number of fused-ring (bicyclic) bond motifs is 6. The van der Waals surface area contributed by atoms with Crippen LogP contribution in [0.15, 0.2) is 285 Å². The standard InChI is InChI=1S/C75H56N6/c1-76-61-35-10-16-41-67(61)79(68-42-17-11-36-62(68)76)56-32-22-29-53(47-56)60-50-59(51-25-6-4-7-26-51)73(52-27-8-5-9-28-52)75(55-31-24-34-58(49-55)81-71-45-20-14-39-65(71)78(3)66-40-15-21-46-72(66)81)74(60)54-30-23-33-57(48-54)80-69-43-18-12-37-63(69)77(2)64-38-13-19-44-70(64)80/h4-50H,1-3H3. The molecule has 386 valence electrons. The van der Waals surface area contributed by atoms with Crippen molar-refractivity contribution in [3.05, 3.63) is 285 Å². The number of anilines is 15. The van der Waals surface area contributed by atoms with Crippen LogP contribution in [0, 0.1) is 0 Å². The first-order chi connectivity index (χ1) is 40.0. The molecule has 0 aliphatic carbocycles. The topological polar surface area (TPSA) is 19.4 Å². The smallest absolute Gasteiger partial charge is 0.0699 e. The van der Waals surface area contributed by atoms with Crippen LogP contribution in [-0.4, -0.2) is 21.1 Å². The Balaban J connectivity index is 1.05. The molecule has 0 aromatic heterocycles. The summed E-state index contributed by atoms with van der Waals surface area (Å²) in [6, 6.07) is 105. The molecule has 0 saturated heterocycles. The predicted octanol–water partition coefficient (Wildman–Crippen LogP) is 20.7. The molecule has 12 aromatic carbocycles. The van der Waals surface area contributed by atoms with E-state index < -0.39 is 0 Å².